The number of aliphatic hydroxyl groups is 1. The molecule has 0 spiro atoms. The Labute approximate surface area is 390 Å². The van der Waals surface area contributed by atoms with Crippen molar-refractivity contribution >= 4 is 65.0 Å². The highest BCUT2D eigenvalue weighted by molar-refractivity contribution is 5.88. The zero-order chi connectivity index (χ0) is 48.0. The second-order valence-corrected chi connectivity index (χ2v) is 13.5. The summed E-state index contributed by atoms with van der Waals surface area (Å²) < 4.78 is 24.1. The minimum Gasteiger partial charge on any atom is -0.460 e. The number of hydrogen-bond acceptors (Lipinski definition) is 15. The molecule has 4 aromatic rings. The van der Waals surface area contributed by atoms with Gasteiger partial charge in [0.15, 0.2) is 0 Å². The molecule has 356 valence electrons. The second-order valence-electron chi connectivity index (χ2n) is 13.5. The van der Waals surface area contributed by atoms with Crippen LogP contribution in [0.25, 0.3) is 0 Å². The number of rotatable bonds is 19. The number of isocyanates is 2. The van der Waals surface area contributed by atoms with Gasteiger partial charge in [0.1, 0.15) is 33.0 Å². The summed E-state index contributed by atoms with van der Waals surface area (Å²) in [6.45, 7) is 14.5. The van der Waals surface area contributed by atoms with Crippen LogP contribution in [0.15, 0.2) is 144 Å². The highest BCUT2D eigenvalue weighted by Crippen LogP contribution is 2.19. The fourth-order valence-corrected chi connectivity index (χ4v) is 4.72. The van der Waals surface area contributed by atoms with Gasteiger partial charge in [-0.05, 0) is 104 Å². The summed E-state index contributed by atoms with van der Waals surface area (Å²) in [5, 5.41) is 13.4. The summed E-state index contributed by atoms with van der Waals surface area (Å²) >= 11 is 0. The van der Waals surface area contributed by atoms with Crippen molar-refractivity contribution in [3.05, 3.63) is 156 Å². The smallest absolute Gasteiger partial charge is 0.411 e. The lowest BCUT2D eigenvalue weighted by Gasteiger charge is -2.09. The molecule has 0 aliphatic rings. The van der Waals surface area contributed by atoms with Crippen molar-refractivity contribution in [3.63, 3.8) is 0 Å². The Balaban J connectivity index is 0.00000120. The van der Waals surface area contributed by atoms with Crippen LogP contribution in [0.3, 0.4) is 0 Å². The molecule has 0 unspecified atom stereocenters. The number of nitrogens with one attached hydrogen (secondary N) is 2. The van der Waals surface area contributed by atoms with Crippen LogP contribution in [0.4, 0.5) is 32.3 Å². The lowest BCUT2D eigenvalue weighted by Crippen LogP contribution is -2.18. The van der Waals surface area contributed by atoms with Gasteiger partial charge in [0.05, 0.1) is 18.0 Å². The van der Waals surface area contributed by atoms with Crippen LogP contribution < -0.4 is 10.6 Å². The Hall–Kier alpha value is -8.23. The number of aliphatic hydroxyl groups excluding tert-OH is 1. The second kappa shape index (κ2) is 33.3. The van der Waals surface area contributed by atoms with Gasteiger partial charge in [-0.25, -0.2) is 33.6 Å². The van der Waals surface area contributed by atoms with Gasteiger partial charge in [-0.3, -0.25) is 10.6 Å². The number of carbonyl (C=O) groups excluding carboxylic acids is 7. The largest absolute Gasteiger partial charge is 0.460 e. The molecule has 3 N–H and O–H groups in total. The molecule has 2 amide bonds. The van der Waals surface area contributed by atoms with E-state index in [1.165, 1.54) is 26.0 Å². The lowest BCUT2D eigenvalue weighted by molar-refractivity contribution is -0.140. The third-order valence-corrected chi connectivity index (χ3v) is 7.91. The maximum absolute atomic E-state index is 11.8. The highest BCUT2D eigenvalue weighted by atomic mass is 16.6. The van der Waals surface area contributed by atoms with E-state index in [1.54, 1.807) is 55.5 Å². The number of anilines is 2. The van der Waals surface area contributed by atoms with Crippen LogP contribution in [0, 0.1) is 0 Å². The fraction of sp³-hybridized carbons (Fsp3) is 0.260. The SMILES string of the molecule is C.C.C=C(C)C(=O)OCCO.C=C(C)C(=O)OCCOC(=O)Nc1ccc(Cc2ccc(NC(=O)OCCOC(=O)C(=C)C)cc2)cc1.O=C=Nc1ccc(Cc2ccc(N=C=O)cc2)cc1. The standard InChI is InChI=1S/C27H30N2O8.C15H10N2O2.C6H10O3.2CH4/c1-18(2)24(30)34-13-15-36-26(32)28-22-9-5-20(6-10-22)17-21-7-11-23(12-8-21)29-27(33)37-16-14-35-25(31)19(3)4;18-10-16-14-5-1-12(2-6-14)9-13-3-7-15(8-4-13)17-11-19;1-5(2)6(8)9-4-3-7;;/h5-12H,1,3,13-17H2,2,4H3,(H,28,32)(H,29,33);1-8H,9H2;7H,1,3-4H2,2H3;2*1H4. The van der Waals surface area contributed by atoms with Gasteiger partial charge >= 0.3 is 30.1 Å². The zero-order valence-electron chi connectivity index (χ0n) is 36.3. The normalized spacial score (nSPS) is 9.31. The molecule has 0 radical (unpaired) electrons. The van der Waals surface area contributed by atoms with Crippen molar-refractivity contribution in [2.45, 2.75) is 48.5 Å². The monoisotopic (exact) mass is 922 g/mol. The first kappa shape index (κ1) is 58.8. The van der Waals surface area contributed by atoms with Crippen molar-refractivity contribution in [1.82, 2.24) is 0 Å². The van der Waals surface area contributed by atoms with Crippen LogP contribution >= 0.6 is 0 Å². The molecule has 0 aromatic heterocycles. The van der Waals surface area contributed by atoms with Gasteiger partial charge in [0.2, 0.25) is 12.2 Å². The van der Waals surface area contributed by atoms with Crippen LogP contribution in [0.2, 0.25) is 0 Å². The van der Waals surface area contributed by atoms with Crippen molar-refractivity contribution < 1.29 is 62.4 Å². The third kappa shape index (κ3) is 25.6. The van der Waals surface area contributed by atoms with Crippen LogP contribution in [0.1, 0.15) is 57.9 Å². The highest BCUT2D eigenvalue weighted by Gasteiger charge is 2.09. The number of ether oxygens (including phenoxy) is 5. The van der Waals surface area contributed by atoms with Gasteiger partial charge in [-0.1, -0.05) is 83.1 Å². The zero-order valence-corrected chi connectivity index (χ0v) is 36.3. The van der Waals surface area contributed by atoms with E-state index >= 15 is 0 Å². The molecular weight excluding hydrogens is 865 g/mol. The number of benzene rings is 4. The molecular formula is C50H58N4O13. The van der Waals surface area contributed by atoms with E-state index < -0.39 is 30.1 Å². The van der Waals surface area contributed by atoms with E-state index in [1.807, 2.05) is 48.5 Å². The molecule has 0 aliphatic heterocycles. The molecule has 4 rings (SSSR count). The van der Waals surface area contributed by atoms with Crippen molar-refractivity contribution in [3.8, 4) is 0 Å². The third-order valence-electron chi connectivity index (χ3n) is 7.91. The first-order valence-electron chi connectivity index (χ1n) is 19.6. The van der Waals surface area contributed by atoms with Crippen LogP contribution in [-0.2, 0) is 60.5 Å². The molecule has 0 bridgehead atoms. The number of nitrogens with zero attached hydrogens (tertiary/aromatic N) is 2. The Morgan fingerprint density at radius 2 is 0.746 bits per heavy atom. The molecule has 0 saturated carbocycles. The van der Waals surface area contributed by atoms with Crippen molar-refractivity contribution in [1.29, 1.82) is 0 Å². The van der Waals surface area contributed by atoms with Gasteiger partial charge < -0.3 is 28.8 Å². The van der Waals surface area contributed by atoms with E-state index in [0.717, 1.165) is 28.7 Å². The molecule has 17 heteroatoms. The average Bonchev–Trinajstić information content (AvgIpc) is 3.28. The average molecular weight is 923 g/mol. The van der Waals surface area contributed by atoms with E-state index in [9.17, 15) is 33.6 Å². The van der Waals surface area contributed by atoms with Gasteiger partial charge in [-0.2, -0.15) is 9.98 Å². The van der Waals surface area contributed by atoms with Crippen molar-refractivity contribution in [2.24, 2.45) is 9.98 Å². The number of amides is 2. The summed E-state index contributed by atoms with van der Waals surface area (Å²) in [5.41, 5.74) is 7.43. The maximum Gasteiger partial charge on any atom is 0.411 e. The Morgan fingerprint density at radius 3 is 1.01 bits per heavy atom. The minimum atomic E-state index is -0.659. The number of aliphatic imine (C=N–C) groups is 2. The summed E-state index contributed by atoms with van der Waals surface area (Å²) in [4.78, 5) is 84.0. The summed E-state index contributed by atoms with van der Waals surface area (Å²) in [7, 11) is 0. The predicted octanol–water partition coefficient (Wildman–Crippen LogP) is 9.20. The molecule has 0 atom stereocenters. The summed E-state index contributed by atoms with van der Waals surface area (Å²) in [6.07, 6.45) is 3.09. The lowest BCUT2D eigenvalue weighted by atomic mass is 10.0. The molecule has 0 saturated heterocycles. The topological polar surface area (TPSA) is 235 Å². The van der Waals surface area contributed by atoms with E-state index in [4.69, 9.17) is 24.1 Å². The molecule has 17 nitrogen and oxygen atoms in total. The van der Waals surface area contributed by atoms with E-state index in [2.05, 4.69) is 45.1 Å². The van der Waals surface area contributed by atoms with Crippen LogP contribution in [-0.4, -0.2) is 87.0 Å². The first-order valence-corrected chi connectivity index (χ1v) is 19.6. The molecule has 67 heavy (non-hydrogen) atoms. The molecule has 0 fully saturated rings. The Morgan fingerprint density at radius 1 is 0.478 bits per heavy atom. The van der Waals surface area contributed by atoms with Gasteiger partial charge in [0.25, 0.3) is 0 Å². The van der Waals surface area contributed by atoms with Crippen LogP contribution in [0.5, 0.6) is 0 Å². The van der Waals surface area contributed by atoms with E-state index in [-0.39, 0.29) is 65.6 Å². The minimum absolute atomic E-state index is 0. The Bertz CT molecular complexity index is 2180. The summed E-state index contributed by atoms with van der Waals surface area (Å²) in [5.74, 6) is -1.53. The Kier molecular flexibility index (Phi) is 29.2. The van der Waals surface area contributed by atoms with Gasteiger partial charge in [-0.15, -0.1) is 0 Å². The summed E-state index contributed by atoms with van der Waals surface area (Å²) in [6, 6.07) is 29.2. The number of esters is 3. The number of hydrogen-bond donors (Lipinski definition) is 3. The molecule has 0 heterocycles. The van der Waals surface area contributed by atoms with Gasteiger partial charge in [0, 0.05) is 28.1 Å². The quantitative estimate of drug-likeness (QED) is 0.0199. The van der Waals surface area contributed by atoms with Crippen molar-refractivity contribution in [2.75, 3.05) is 50.3 Å². The maximum atomic E-state index is 11.8. The predicted molar refractivity (Wildman–Crippen MR) is 255 cm³/mol. The fourth-order valence-electron chi connectivity index (χ4n) is 4.72. The molecule has 4 aromatic carbocycles. The molecule has 0 aliphatic carbocycles. The van der Waals surface area contributed by atoms with E-state index in [0.29, 0.717) is 34.7 Å². The first-order chi connectivity index (χ1) is 31.1. The number of carbonyl (C=O) groups is 5.